The first-order valence-corrected chi connectivity index (χ1v) is 11.7. The van der Waals surface area contributed by atoms with E-state index in [9.17, 15) is 9.00 Å². The molecule has 2 fully saturated rings. The normalized spacial score (nSPS) is 26.0. The van der Waals surface area contributed by atoms with Gasteiger partial charge in [-0.15, -0.1) is 0 Å². The molecule has 2 aromatic carbocycles. The van der Waals surface area contributed by atoms with Crippen LogP contribution in [-0.2, 0) is 21.1 Å². The Labute approximate surface area is 179 Å². The van der Waals surface area contributed by atoms with Crippen molar-refractivity contribution >= 4 is 16.7 Å². The van der Waals surface area contributed by atoms with E-state index in [-0.39, 0.29) is 18.6 Å². The molecule has 2 heterocycles. The number of rotatable bonds is 5. The third-order valence-electron chi connectivity index (χ3n) is 6.62. The molecule has 156 valence electrons. The quantitative estimate of drug-likeness (QED) is 0.682. The highest BCUT2D eigenvalue weighted by atomic mass is 32.2. The number of ether oxygens (including phenoxy) is 2. The van der Waals surface area contributed by atoms with E-state index in [0.29, 0.717) is 18.7 Å². The van der Waals surface area contributed by atoms with Crippen LogP contribution < -0.4 is 9.47 Å². The van der Waals surface area contributed by atoms with Gasteiger partial charge in [-0.2, -0.15) is 0 Å². The fraction of sp³-hybridized carbons (Fsp3) is 0.375. The maximum Gasteiger partial charge on any atom is 0.231 e. The molecule has 1 unspecified atom stereocenters. The lowest BCUT2D eigenvalue weighted by Crippen LogP contribution is -2.49. The Hall–Kier alpha value is -2.60. The van der Waals surface area contributed by atoms with E-state index >= 15 is 0 Å². The molecule has 1 aliphatic carbocycles. The molecule has 5 nitrogen and oxygen atoms in total. The first-order valence-electron chi connectivity index (χ1n) is 10.4. The van der Waals surface area contributed by atoms with Crippen molar-refractivity contribution in [3.8, 4) is 11.5 Å². The molecule has 1 amide bonds. The molecule has 30 heavy (non-hydrogen) atoms. The van der Waals surface area contributed by atoms with Crippen LogP contribution in [0.1, 0.15) is 31.2 Å². The standard InChI is InChI=1S/C24H25NO4S/c1-17-7-8-19-14-23(26)25(11-12-30(27)20-5-3-2-4-6-20)24(19,15-17)18-9-10-21-22(13-18)29-16-28-21/h2-6,9-10,13,19H,1,7-8,11-12,14-16H2/t19-,24+,30?/m1/s1. The molecule has 0 spiro atoms. The van der Waals surface area contributed by atoms with E-state index in [4.69, 9.17) is 9.47 Å². The van der Waals surface area contributed by atoms with E-state index in [2.05, 4.69) is 12.6 Å². The molecule has 0 N–H and O–H groups in total. The Kier molecular flexibility index (Phi) is 4.89. The number of carbonyl (C=O) groups excluding carboxylic acids is 1. The number of carbonyl (C=O) groups is 1. The van der Waals surface area contributed by atoms with Gasteiger partial charge in [0.25, 0.3) is 0 Å². The monoisotopic (exact) mass is 423 g/mol. The summed E-state index contributed by atoms with van der Waals surface area (Å²) in [5.74, 6) is 2.24. The average Bonchev–Trinajstić information content (AvgIpc) is 3.34. The van der Waals surface area contributed by atoms with Crippen molar-refractivity contribution in [2.24, 2.45) is 5.92 Å². The summed E-state index contributed by atoms with van der Waals surface area (Å²) < 4.78 is 24.0. The Morgan fingerprint density at radius 1 is 1.13 bits per heavy atom. The van der Waals surface area contributed by atoms with Gasteiger partial charge >= 0.3 is 0 Å². The van der Waals surface area contributed by atoms with Crippen molar-refractivity contribution in [3.63, 3.8) is 0 Å². The SMILES string of the molecule is C=C1CC[C@@H]2CC(=O)N(CCS(=O)c3ccccc3)[C@]2(c2ccc3c(c2)OCO3)C1. The third kappa shape index (κ3) is 3.14. The summed E-state index contributed by atoms with van der Waals surface area (Å²) in [5.41, 5.74) is 1.77. The maximum atomic E-state index is 13.2. The van der Waals surface area contributed by atoms with Gasteiger partial charge in [-0.05, 0) is 55.0 Å². The lowest BCUT2D eigenvalue weighted by Gasteiger charge is -2.46. The molecule has 3 atom stereocenters. The Morgan fingerprint density at radius 2 is 1.93 bits per heavy atom. The summed E-state index contributed by atoms with van der Waals surface area (Å²) in [6, 6.07) is 15.5. The second-order valence-electron chi connectivity index (χ2n) is 8.27. The summed E-state index contributed by atoms with van der Waals surface area (Å²) in [7, 11) is -1.15. The lowest BCUT2D eigenvalue weighted by molar-refractivity contribution is -0.131. The summed E-state index contributed by atoms with van der Waals surface area (Å²) in [6.07, 6.45) is 3.16. The van der Waals surface area contributed by atoms with Crippen LogP contribution in [0, 0.1) is 5.92 Å². The molecular weight excluding hydrogens is 398 g/mol. The Morgan fingerprint density at radius 3 is 2.77 bits per heavy atom. The van der Waals surface area contributed by atoms with Crippen molar-refractivity contribution < 1.29 is 18.5 Å². The maximum absolute atomic E-state index is 13.2. The first-order chi connectivity index (χ1) is 14.6. The fourth-order valence-corrected chi connectivity index (χ4v) is 6.25. The van der Waals surface area contributed by atoms with Crippen LogP contribution in [0.2, 0.25) is 0 Å². The van der Waals surface area contributed by atoms with Gasteiger partial charge in [0.05, 0.1) is 16.3 Å². The number of likely N-dealkylation sites (tertiary alicyclic amines) is 1. The highest BCUT2D eigenvalue weighted by Crippen LogP contribution is 2.54. The van der Waals surface area contributed by atoms with E-state index in [1.807, 2.05) is 47.4 Å². The minimum absolute atomic E-state index is 0.137. The van der Waals surface area contributed by atoms with E-state index in [1.165, 1.54) is 0 Å². The molecule has 0 bridgehead atoms. The molecule has 6 heteroatoms. The molecule has 1 saturated carbocycles. The van der Waals surface area contributed by atoms with Crippen molar-refractivity contribution in [1.29, 1.82) is 0 Å². The number of benzene rings is 2. The van der Waals surface area contributed by atoms with Crippen LogP contribution in [0.25, 0.3) is 0 Å². The third-order valence-corrected chi connectivity index (χ3v) is 7.98. The van der Waals surface area contributed by atoms with Gasteiger partial charge < -0.3 is 14.4 Å². The molecule has 5 rings (SSSR count). The van der Waals surface area contributed by atoms with Crippen molar-refractivity contribution in [1.82, 2.24) is 4.90 Å². The van der Waals surface area contributed by atoms with Crippen LogP contribution in [-0.4, -0.2) is 34.1 Å². The van der Waals surface area contributed by atoms with E-state index in [0.717, 1.165) is 46.8 Å². The lowest BCUT2D eigenvalue weighted by atomic mass is 9.68. The predicted octanol–water partition coefficient (Wildman–Crippen LogP) is 4.01. The topological polar surface area (TPSA) is 55.8 Å². The molecule has 3 aliphatic rings. The van der Waals surface area contributed by atoms with Crippen molar-refractivity contribution in [2.75, 3.05) is 19.1 Å². The van der Waals surface area contributed by atoms with Crippen LogP contribution in [0.4, 0.5) is 0 Å². The first kappa shape index (κ1) is 19.4. The Balaban J connectivity index is 1.49. The highest BCUT2D eigenvalue weighted by molar-refractivity contribution is 7.85. The summed E-state index contributed by atoms with van der Waals surface area (Å²) in [5, 5.41) is 0. The highest BCUT2D eigenvalue weighted by Gasteiger charge is 2.55. The molecule has 2 aliphatic heterocycles. The van der Waals surface area contributed by atoms with Gasteiger partial charge in [-0.1, -0.05) is 36.4 Å². The average molecular weight is 424 g/mol. The molecular formula is C24H25NO4S. The predicted molar refractivity (Wildman–Crippen MR) is 115 cm³/mol. The van der Waals surface area contributed by atoms with Gasteiger partial charge in [-0.3, -0.25) is 9.00 Å². The Bertz CT molecular complexity index is 1020. The number of hydrogen-bond donors (Lipinski definition) is 0. The van der Waals surface area contributed by atoms with Gasteiger partial charge in [0.15, 0.2) is 11.5 Å². The smallest absolute Gasteiger partial charge is 0.231 e. The number of amides is 1. The number of fused-ring (bicyclic) bond motifs is 2. The van der Waals surface area contributed by atoms with Crippen molar-refractivity contribution in [2.45, 2.75) is 36.1 Å². The molecule has 2 aromatic rings. The van der Waals surface area contributed by atoms with Crippen LogP contribution >= 0.6 is 0 Å². The summed E-state index contributed by atoms with van der Waals surface area (Å²) >= 11 is 0. The zero-order chi connectivity index (χ0) is 20.7. The minimum Gasteiger partial charge on any atom is -0.454 e. The van der Waals surface area contributed by atoms with Gasteiger partial charge in [0.1, 0.15) is 0 Å². The molecule has 0 aromatic heterocycles. The summed E-state index contributed by atoms with van der Waals surface area (Å²) in [4.78, 5) is 15.9. The second-order valence-corrected chi connectivity index (χ2v) is 9.84. The summed E-state index contributed by atoms with van der Waals surface area (Å²) in [6.45, 7) is 4.95. The minimum atomic E-state index is -1.15. The molecule has 1 saturated heterocycles. The fourth-order valence-electron chi connectivity index (χ4n) is 5.21. The van der Waals surface area contributed by atoms with Gasteiger partial charge in [-0.25, -0.2) is 0 Å². The van der Waals surface area contributed by atoms with Gasteiger partial charge in [0.2, 0.25) is 12.7 Å². The second kappa shape index (κ2) is 7.58. The largest absolute Gasteiger partial charge is 0.454 e. The zero-order valence-electron chi connectivity index (χ0n) is 16.8. The molecule has 0 radical (unpaired) electrons. The van der Waals surface area contributed by atoms with Crippen LogP contribution in [0.3, 0.4) is 0 Å². The van der Waals surface area contributed by atoms with E-state index in [1.54, 1.807) is 0 Å². The van der Waals surface area contributed by atoms with Gasteiger partial charge in [0, 0.05) is 23.6 Å². The number of hydrogen-bond acceptors (Lipinski definition) is 4. The van der Waals surface area contributed by atoms with Crippen LogP contribution in [0.15, 0.2) is 65.6 Å². The number of nitrogens with zero attached hydrogens (tertiary/aromatic N) is 1. The van der Waals surface area contributed by atoms with Crippen LogP contribution in [0.5, 0.6) is 11.5 Å². The zero-order valence-corrected chi connectivity index (χ0v) is 17.7. The van der Waals surface area contributed by atoms with Crippen molar-refractivity contribution in [3.05, 3.63) is 66.2 Å². The van der Waals surface area contributed by atoms with E-state index < -0.39 is 16.3 Å².